The molecule has 0 saturated carbocycles. The first-order valence-electron chi connectivity index (χ1n) is 15.5. The molecule has 2 N–H and O–H groups in total. The highest BCUT2D eigenvalue weighted by atomic mass is 33.1. The number of aliphatic hydroxyl groups excluding tert-OH is 2. The number of fused-ring (bicyclic) bond motifs is 5. The molecule has 14 heteroatoms. The normalized spacial score (nSPS) is 14.2. The predicted molar refractivity (Wildman–Crippen MR) is 182 cm³/mol. The van der Waals surface area contributed by atoms with E-state index >= 15 is 0 Å². The number of pyridine rings is 2. The second-order valence-electron chi connectivity index (χ2n) is 11.1. The number of benzene rings is 2. The Morgan fingerprint density at radius 3 is 2.44 bits per heavy atom. The second kappa shape index (κ2) is 15.5. The molecule has 12 nitrogen and oxygen atoms in total. The molecule has 1 saturated heterocycles. The summed E-state index contributed by atoms with van der Waals surface area (Å²) >= 11 is 0. The van der Waals surface area contributed by atoms with Gasteiger partial charge in [0.1, 0.15) is 11.6 Å². The van der Waals surface area contributed by atoms with Crippen LogP contribution in [0.2, 0.25) is 0 Å². The van der Waals surface area contributed by atoms with Crippen LogP contribution in [0.15, 0.2) is 58.5 Å². The lowest BCUT2D eigenvalue weighted by atomic mass is 9.97. The van der Waals surface area contributed by atoms with Crippen LogP contribution in [-0.2, 0) is 29.2 Å². The fourth-order valence-corrected chi connectivity index (χ4v) is 7.68. The van der Waals surface area contributed by atoms with Gasteiger partial charge in [0.2, 0.25) is 0 Å². The van der Waals surface area contributed by atoms with Crippen LogP contribution in [0.5, 0.6) is 11.5 Å². The fourth-order valence-electron chi connectivity index (χ4n) is 5.97. The lowest BCUT2D eigenvalue weighted by Crippen LogP contribution is -2.37. The predicted octanol–water partition coefficient (Wildman–Crippen LogP) is 4.28. The van der Waals surface area contributed by atoms with Gasteiger partial charge in [0.15, 0.2) is 17.3 Å². The molecule has 1 fully saturated rings. The van der Waals surface area contributed by atoms with Crippen molar-refractivity contribution in [3.63, 3.8) is 0 Å². The molecule has 0 bridgehead atoms. The van der Waals surface area contributed by atoms with Crippen molar-refractivity contribution in [2.75, 3.05) is 52.3 Å². The van der Waals surface area contributed by atoms with E-state index in [1.54, 1.807) is 29.0 Å². The van der Waals surface area contributed by atoms with Gasteiger partial charge in [-0.1, -0.05) is 16.9 Å². The lowest BCUT2D eigenvalue weighted by molar-refractivity contribution is 0.0369. The van der Waals surface area contributed by atoms with E-state index in [9.17, 15) is 24.6 Å². The lowest BCUT2D eigenvalue weighted by Gasteiger charge is -2.26. The maximum atomic E-state index is 14.2. The quantitative estimate of drug-likeness (QED) is 0.0783. The van der Waals surface area contributed by atoms with Gasteiger partial charge in [-0.3, -0.25) is 14.5 Å². The van der Waals surface area contributed by atoms with E-state index in [1.807, 2.05) is 18.2 Å². The zero-order valence-electron chi connectivity index (χ0n) is 26.3. The van der Waals surface area contributed by atoms with Crippen molar-refractivity contribution in [3.05, 3.63) is 81.3 Å². The standard InChI is InChI=1S/C34H35N3O9S2/c1-43-27-17-24-25(18-28(27)46-34(42)45-13-14-47-48-29-5-2-3-6-35-29)32(40)30-23-15-21(19-38)22(20-39)16-26(23)33(41)37(31(24)30)8-4-7-36-9-11-44-12-10-36/h2-3,5-6,15-18,38-39H,4,7-14,19-20H2,1H3. The third-order valence-electron chi connectivity index (χ3n) is 8.28. The van der Waals surface area contributed by atoms with Crippen molar-refractivity contribution >= 4 is 44.3 Å². The summed E-state index contributed by atoms with van der Waals surface area (Å²) in [4.78, 5) is 47.4. The summed E-state index contributed by atoms with van der Waals surface area (Å²) < 4.78 is 23.4. The van der Waals surface area contributed by atoms with Crippen LogP contribution in [-0.4, -0.2) is 88.9 Å². The van der Waals surface area contributed by atoms with Crippen molar-refractivity contribution in [1.29, 1.82) is 0 Å². The number of nitrogens with zero attached hydrogens (tertiary/aromatic N) is 3. The van der Waals surface area contributed by atoms with Gasteiger partial charge in [-0.25, -0.2) is 9.78 Å². The Labute approximate surface area is 284 Å². The van der Waals surface area contributed by atoms with Gasteiger partial charge in [0.05, 0.1) is 44.8 Å². The van der Waals surface area contributed by atoms with Gasteiger partial charge < -0.3 is 33.7 Å². The smallest absolute Gasteiger partial charge is 0.493 e. The van der Waals surface area contributed by atoms with Gasteiger partial charge >= 0.3 is 6.16 Å². The molecule has 6 rings (SSSR count). The Morgan fingerprint density at radius 1 is 0.979 bits per heavy atom. The van der Waals surface area contributed by atoms with E-state index in [2.05, 4.69) is 9.88 Å². The molecule has 0 unspecified atom stereocenters. The number of ketones is 1. The zero-order chi connectivity index (χ0) is 33.6. The third kappa shape index (κ3) is 7.09. The van der Waals surface area contributed by atoms with Gasteiger partial charge in [0.25, 0.3) is 5.56 Å². The SMILES string of the molecule is COc1cc2c(cc1OC(=O)OCCSSc1ccccn1)C(=O)c1c-2n(CCCN2CCOCC2)c(=O)c2cc(CO)c(CO)cc12. The number of carbonyl (C=O) groups is 2. The number of methoxy groups -OCH3 is 1. The Bertz CT molecular complexity index is 1880. The number of rotatable bonds is 13. The second-order valence-corrected chi connectivity index (χ2v) is 13.6. The highest BCUT2D eigenvalue weighted by Crippen LogP contribution is 2.45. The van der Waals surface area contributed by atoms with Crippen molar-refractivity contribution in [3.8, 4) is 22.8 Å². The van der Waals surface area contributed by atoms with Crippen LogP contribution in [0.25, 0.3) is 22.0 Å². The van der Waals surface area contributed by atoms with Crippen molar-refractivity contribution in [2.45, 2.75) is 31.2 Å². The van der Waals surface area contributed by atoms with Crippen molar-refractivity contribution in [2.24, 2.45) is 0 Å². The Morgan fingerprint density at radius 2 is 1.73 bits per heavy atom. The minimum Gasteiger partial charge on any atom is -0.493 e. The van der Waals surface area contributed by atoms with Gasteiger partial charge in [-0.2, -0.15) is 0 Å². The number of hydrogen-bond acceptors (Lipinski definition) is 13. The van der Waals surface area contributed by atoms with Crippen LogP contribution in [0.1, 0.15) is 33.5 Å². The first kappa shape index (κ1) is 34.0. The first-order chi connectivity index (χ1) is 23.4. The molecule has 0 spiro atoms. The van der Waals surface area contributed by atoms with Crippen molar-refractivity contribution < 1.29 is 38.7 Å². The summed E-state index contributed by atoms with van der Waals surface area (Å²) in [5.74, 6) is 0.319. The van der Waals surface area contributed by atoms with Crippen LogP contribution in [0, 0.1) is 0 Å². The maximum Gasteiger partial charge on any atom is 0.514 e. The van der Waals surface area contributed by atoms with Gasteiger partial charge in [-0.05, 0) is 64.7 Å². The number of aromatic nitrogens is 2. The van der Waals surface area contributed by atoms with Crippen LogP contribution in [0.3, 0.4) is 0 Å². The van der Waals surface area contributed by atoms with Crippen LogP contribution < -0.4 is 15.0 Å². The van der Waals surface area contributed by atoms with Crippen LogP contribution >= 0.6 is 21.6 Å². The third-order valence-corrected chi connectivity index (χ3v) is 10.5. The number of aliphatic hydroxyl groups is 2. The number of hydrogen-bond donors (Lipinski definition) is 2. The molecule has 2 aromatic carbocycles. The number of carbonyl (C=O) groups excluding carboxylic acids is 2. The monoisotopic (exact) mass is 693 g/mol. The molecule has 3 heterocycles. The molecular weight excluding hydrogens is 659 g/mol. The molecule has 1 aliphatic heterocycles. The number of ether oxygens (including phenoxy) is 4. The molecule has 0 atom stereocenters. The minimum atomic E-state index is -0.950. The Balaban J connectivity index is 1.29. The molecule has 4 aromatic rings. The largest absolute Gasteiger partial charge is 0.514 e. The molecule has 48 heavy (non-hydrogen) atoms. The molecule has 252 valence electrons. The van der Waals surface area contributed by atoms with E-state index < -0.39 is 6.16 Å². The molecule has 2 aliphatic rings. The average Bonchev–Trinajstić information content (AvgIpc) is 3.40. The summed E-state index contributed by atoms with van der Waals surface area (Å²) in [6.45, 7) is 3.35. The topological polar surface area (TPSA) is 150 Å². The molecule has 2 aromatic heterocycles. The van der Waals surface area contributed by atoms with E-state index in [-0.39, 0.29) is 53.6 Å². The van der Waals surface area contributed by atoms with E-state index in [1.165, 1.54) is 34.8 Å². The molecular formula is C34H35N3O9S2. The maximum absolute atomic E-state index is 14.2. The Kier molecular flexibility index (Phi) is 11.0. The molecule has 1 aliphatic carbocycles. The minimum absolute atomic E-state index is 0.00190. The molecule has 0 radical (unpaired) electrons. The Hall–Kier alpha value is -3.92. The van der Waals surface area contributed by atoms with E-state index in [4.69, 9.17) is 18.9 Å². The highest BCUT2D eigenvalue weighted by Gasteiger charge is 2.35. The zero-order valence-corrected chi connectivity index (χ0v) is 27.9. The summed E-state index contributed by atoms with van der Waals surface area (Å²) in [5, 5.41) is 21.5. The summed E-state index contributed by atoms with van der Waals surface area (Å²) in [6.07, 6.45) is 1.40. The summed E-state index contributed by atoms with van der Waals surface area (Å²) in [5.41, 5.74) is 1.96. The van der Waals surface area contributed by atoms with Crippen molar-refractivity contribution in [1.82, 2.24) is 14.5 Å². The van der Waals surface area contributed by atoms with Gasteiger partial charge in [0, 0.05) is 60.0 Å². The fraction of sp³-hybridized carbons (Fsp3) is 0.353. The highest BCUT2D eigenvalue weighted by molar-refractivity contribution is 8.76. The van der Waals surface area contributed by atoms with E-state index in [0.717, 1.165) is 24.7 Å². The van der Waals surface area contributed by atoms with E-state index in [0.29, 0.717) is 65.3 Å². The summed E-state index contributed by atoms with van der Waals surface area (Å²) in [7, 11) is 4.37. The average molecular weight is 694 g/mol. The van der Waals surface area contributed by atoms with Crippen LogP contribution in [0.4, 0.5) is 4.79 Å². The first-order valence-corrected chi connectivity index (χ1v) is 17.8. The summed E-state index contributed by atoms with van der Waals surface area (Å²) in [6, 6.07) is 11.8. The molecule has 0 amide bonds. The number of morpholine rings is 1. The van der Waals surface area contributed by atoms with Gasteiger partial charge in [-0.15, -0.1) is 0 Å².